The summed E-state index contributed by atoms with van der Waals surface area (Å²) in [6.07, 6.45) is 5.99. The first kappa shape index (κ1) is 14.1. The zero-order chi connectivity index (χ0) is 14.0. The molecule has 1 heterocycles. The van der Waals surface area contributed by atoms with Crippen molar-refractivity contribution in [3.05, 3.63) is 34.7 Å². The molecule has 0 aromatic heterocycles. The summed E-state index contributed by atoms with van der Waals surface area (Å²) in [5, 5.41) is 6.32. The molecule has 1 aromatic rings. The molecule has 0 spiro atoms. The van der Waals surface area contributed by atoms with Crippen LogP contribution in [0.15, 0.2) is 24.3 Å². The average Bonchev–Trinajstić information content (AvgIpc) is 2.27. The fourth-order valence-electron chi connectivity index (χ4n) is 2.80. The third-order valence-corrected chi connectivity index (χ3v) is 3.49. The molecule has 1 N–H and O–H groups in total. The van der Waals surface area contributed by atoms with E-state index in [4.69, 9.17) is 0 Å². The molecule has 2 nitrogen and oxygen atoms in total. The third kappa shape index (κ3) is 3.84. The van der Waals surface area contributed by atoms with Crippen LogP contribution >= 0.6 is 0 Å². The fraction of sp³-hybridized carbons (Fsp3) is 0.529. The van der Waals surface area contributed by atoms with E-state index in [1.807, 2.05) is 0 Å². The molecule has 0 aliphatic carbocycles. The molecule has 1 aliphatic rings. The Labute approximate surface area is 116 Å². The molecule has 1 aliphatic heterocycles. The van der Waals surface area contributed by atoms with Crippen LogP contribution in [0.1, 0.15) is 34.1 Å². The molecule has 2 rings (SSSR count). The lowest BCUT2D eigenvalue weighted by atomic mass is 9.88. The number of fused-ring (bicyclic) bond motifs is 1. The predicted molar refractivity (Wildman–Crippen MR) is 82.8 cm³/mol. The summed E-state index contributed by atoms with van der Waals surface area (Å²) in [5.41, 5.74) is 0.362. The maximum atomic E-state index is 3.71. The van der Waals surface area contributed by atoms with E-state index in [1.165, 1.54) is 16.9 Å². The van der Waals surface area contributed by atoms with Crippen molar-refractivity contribution < 1.29 is 0 Å². The van der Waals surface area contributed by atoms with E-state index in [9.17, 15) is 0 Å². The van der Waals surface area contributed by atoms with Gasteiger partial charge < -0.3 is 4.90 Å². The van der Waals surface area contributed by atoms with E-state index in [2.05, 4.69) is 81.5 Å². The van der Waals surface area contributed by atoms with Crippen molar-refractivity contribution in [2.24, 2.45) is 5.41 Å². The van der Waals surface area contributed by atoms with Crippen molar-refractivity contribution in [1.82, 2.24) is 10.2 Å². The van der Waals surface area contributed by atoms with Crippen molar-refractivity contribution in [2.75, 3.05) is 7.05 Å². The van der Waals surface area contributed by atoms with Crippen molar-refractivity contribution in [3.8, 4) is 0 Å². The predicted octanol–water partition coefficient (Wildman–Crippen LogP) is 1.89. The van der Waals surface area contributed by atoms with Crippen molar-refractivity contribution in [2.45, 2.75) is 46.3 Å². The average molecular weight is 258 g/mol. The SMILES string of the molecule is C[C@H](CC(C)(C)C)NC1C=c2ccccc2=CN1C. The topological polar surface area (TPSA) is 15.3 Å². The first-order valence-electron chi connectivity index (χ1n) is 7.12. The van der Waals surface area contributed by atoms with E-state index in [1.54, 1.807) is 0 Å². The van der Waals surface area contributed by atoms with Gasteiger partial charge >= 0.3 is 0 Å². The zero-order valence-corrected chi connectivity index (χ0v) is 12.8. The first-order valence-corrected chi connectivity index (χ1v) is 7.12. The standard InChI is InChI=1S/C17H26N2/c1-13(11-17(2,3)4)18-16-10-14-8-6-7-9-15(14)12-19(16)5/h6-10,12-13,16,18H,11H2,1-5H3/t13-,16?/m1/s1. The Morgan fingerprint density at radius 1 is 1.21 bits per heavy atom. The smallest absolute Gasteiger partial charge is 0.0990 e. The van der Waals surface area contributed by atoms with Gasteiger partial charge in [-0.25, -0.2) is 0 Å². The molecule has 1 aromatic carbocycles. The second-order valence-electron chi connectivity index (χ2n) is 6.87. The van der Waals surface area contributed by atoms with Crippen molar-refractivity contribution in [1.29, 1.82) is 0 Å². The van der Waals surface area contributed by atoms with Gasteiger partial charge in [-0.15, -0.1) is 0 Å². The Balaban J connectivity index is 2.13. The van der Waals surface area contributed by atoms with Gasteiger partial charge in [0, 0.05) is 19.3 Å². The summed E-state index contributed by atoms with van der Waals surface area (Å²) in [6.45, 7) is 9.15. The van der Waals surface area contributed by atoms with Crippen molar-refractivity contribution >= 4 is 12.3 Å². The highest BCUT2D eigenvalue weighted by Gasteiger charge is 2.19. The van der Waals surface area contributed by atoms with Crippen LogP contribution in [0.5, 0.6) is 0 Å². The molecule has 0 saturated heterocycles. The molecule has 104 valence electrons. The minimum atomic E-state index is 0.284. The van der Waals surface area contributed by atoms with E-state index in [0.717, 1.165) is 0 Å². The zero-order valence-electron chi connectivity index (χ0n) is 12.8. The molecule has 0 saturated carbocycles. The van der Waals surface area contributed by atoms with E-state index >= 15 is 0 Å². The molecule has 0 bridgehead atoms. The maximum Gasteiger partial charge on any atom is 0.0990 e. The number of rotatable bonds is 3. The molecule has 0 fully saturated rings. The van der Waals surface area contributed by atoms with Crippen LogP contribution in [0, 0.1) is 5.41 Å². The van der Waals surface area contributed by atoms with Gasteiger partial charge in [-0.05, 0) is 35.3 Å². The summed E-state index contributed by atoms with van der Waals surface area (Å²) in [5.74, 6) is 0. The second kappa shape index (κ2) is 5.38. The van der Waals surface area contributed by atoms with Gasteiger partial charge in [0.2, 0.25) is 0 Å². The lowest BCUT2D eigenvalue weighted by Crippen LogP contribution is -2.50. The number of nitrogens with one attached hydrogen (secondary N) is 1. The lowest BCUT2D eigenvalue weighted by molar-refractivity contribution is 0.272. The summed E-state index contributed by atoms with van der Waals surface area (Å²) in [4.78, 5) is 2.25. The summed E-state index contributed by atoms with van der Waals surface area (Å²) in [7, 11) is 2.13. The molecule has 2 atom stereocenters. The van der Waals surface area contributed by atoms with Gasteiger partial charge in [-0.1, -0.05) is 45.0 Å². The molecular formula is C17H26N2. The fourth-order valence-corrected chi connectivity index (χ4v) is 2.80. The first-order chi connectivity index (χ1) is 8.85. The second-order valence-corrected chi connectivity index (χ2v) is 6.87. The van der Waals surface area contributed by atoms with Gasteiger partial charge in [0.1, 0.15) is 0 Å². The maximum absolute atomic E-state index is 3.71. The van der Waals surface area contributed by atoms with Crippen LogP contribution in [0.2, 0.25) is 0 Å². The van der Waals surface area contributed by atoms with Gasteiger partial charge in [-0.3, -0.25) is 5.32 Å². The summed E-state index contributed by atoms with van der Waals surface area (Å²) >= 11 is 0. The number of hydrogen-bond acceptors (Lipinski definition) is 2. The van der Waals surface area contributed by atoms with Crippen LogP contribution in [0.3, 0.4) is 0 Å². The summed E-state index contributed by atoms with van der Waals surface area (Å²) < 4.78 is 0. The molecule has 2 heteroatoms. The Bertz CT molecular complexity index is 539. The van der Waals surface area contributed by atoms with Gasteiger partial charge in [0.15, 0.2) is 0 Å². The van der Waals surface area contributed by atoms with Crippen LogP contribution < -0.4 is 15.8 Å². The Morgan fingerprint density at radius 2 is 1.84 bits per heavy atom. The monoisotopic (exact) mass is 258 g/mol. The van der Waals surface area contributed by atoms with Crippen LogP contribution in [-0.4, -0.2) is 24.2 Å². The molecule has 1 unspecified atom stereocenters. The van der Waals surface area contributed by atoms with Crippen molar-refractivity contribution in [3.63, 3.8) is 0 Å². The van der Waals surface area contributed by atoms with E-state index < -0.39 is 0 Å². The van der Waals surface area contributed by atoms with Crippen LogP contribution in [0.25, 0.3) is 12.3 Å². The van der Waals surface area contributed by atoms with Gasteiger partial charge in [0.05, 0.1) is 6.17 Å². The molecule has 0 radical (unpaired) electrons. The summed E-state index contributed by atoms with van der Waals surface area (Å²) in [6, 6.07) is 9.04. The normalized spacial score (nSPS) is 20.3. The highest BCUT2D eigenvalue weighted by molar-refractivity contribution is 5.41. The minimum absolute atomic E-state index is 0.284. The number of nitrogens with zero attached hydrogens (tertiary/aromatic N) is 1. The highest BCUT2D eigenvalue weighted by atomic mass is 15.2. The minimum Gasteiger partial charge on any atom is -0.361 e. The highest BCUT2D eigenvalue weighted by Crippen LogP contribution is 2.21. The number of benzene rings is 1. The molecule has 19 heavy (non-hydrogen) atoms. The van der Waals surface area contributed by atoms with Gasteiger partial charge in [-0.2, -0.15) is 0 Å². The third-order valence-electron chi connectivity index (χ3n) is 3.49. The largest absolute Gasteiger partial charge is 0.361 e. The Hall–Kier alpha value is -1.28. The van der Waals surface area contributed by atoms with E-state index in [-0.39, 0.29) is 6.17 Å². The quantitative estimate of drug-likeness (QED) is 0.891. The van der Waals surface area contributed by atoms with Crippen LogP contribution in [0.4, 0.5) is 0 Å². The molecular weight excluding hydrogens is 232 g/mol. The van der Waals surface area contributed by atoms with E-state index in [0.29, 0.717) is 11.5 Å². The Morgan fingerprint density at radius 3 is 2.47 bits per heavy atom. The number of hydrogen-bond donors (Lipinski definition) is 1. The molecule has 0 amide bonds. The lowest BCUT2D eigenvalue weighted by Gasteiger charge is -2.32. The van der Waals surface area contributed by atoms with Gasteiger partial charge in [0.25, 0.3) is 0 Å². The Kier molecular flexibility index (Phi) is 4.00. The van der Waals surface area contributed by atoms with Crippen LogP contribution in [-0.2, 0) is 0 Å².